The SMILES string of the molecule is NC(=S)c1cc(Cl)ccc1Oc1ccc(Cl)c(Cl)c1. The number of nitrogens with two attached hydrogens (primary N) is 1. The van der Waals surface area contributed by atoms with Gasteiger partial charge in [-0.3, -0.25) is 0 Å². The molecule has 0 bridgehead atoms. The zero-order valence-corrected chi connectivity index (χ0v) is 12.6. The maximum Gasteiger partial charge on any atom is 0.137 e. The van der Waals surface area contributed by atoms with Gasteiger partial charge in [-0.15, -0.1) is 0 Å². The zero-order valence-electron chi connectivity index (χ0n) is 9.49. The summed E-state index contributed by atoms with van der Waals surface area (Å²) in [6.07, 6.45) is 0. The summed E-state index contributed by atoms with van der Waals surface area (Å²) < 4.78 is 5.69. The van der Waals surface area contributed by atoms with E-state index in [1.165, 1.54) is 0 Å². The van der Waals surface area contributed by atoms with E-state index in [-0.39, 0.29) is 4.99 Å². The van der Waals surface area contributed by atoms with Gasteiger partial charge in [-0.25, -0.2) is 0 Å². The normalized spacial score (nSPS) is 10.3. The largest absolute Gasteiger partial charge is 0.457 e. The average Bonchev–Trinajstić information content (AvgIpc) is 2.36. The first-order valence-electron chi connectivity index (χ1n) is 5.19. The standard InChI is InChI=1S/C13H8Cl3NOS/c14-7-1-4-12(9(5-7)13(17)19)18-8-2-3-10(15)11(16)6-8/h1-6H,(H2,17,19). The van der Waals surface area contributed by atoms with Gasteiger partial charge >= 0.3 is 0 Å². The molecule has 0 aromatic heterocycles. The van der Waals surface area contributed by atoms with Gasteiger partial charge in [0.1, 0.15) is 16.5 Å². The Morgan fingerprint density at radius 2 is 1.74 bits per heavy atom. The second-order valence-corrected chi connectivity index (χ2v) is 5.37. The Hall–Kier alpha value is -1.000. The summed E-state index contributed by atoms with van der Waals surface area (Å²) in [5.74, 6) is 1.05. The molecule has 0 aliphatic heterocycles. The van der Waals surface area contributed by atoms with Gasteiger partial charge in [-0.05, 0) is 30.3 Å². The van der Waals surface area contributed by atoms with Gasteiger partial charge in [0.15, 0.2) is 0 Å². The summed E-state index contributed by atoms with van der Waals surface area (Å²) >= 11 is 22.6. The summed E-state index contributed by atoms with van der Waals surface area (Å²) in [5.41, 5.74) is 6.20. The van der Waals surface area contributed by atoms with Crippen LogP contribution in [-0.2, 0) is 0 Å². The van der Waals surface area contributed by atoms with Gasteiger partial charge < -0.3 is 10.5 Å². The highest BCUT2D eigenvalue weighted by atomic mass is 35.5. The molecule has 0 spiro atoms. The van der Waals surface area contributed by atoms with Crippen LogP contribution >= 0.6 is 47.0 Å². The van der Waals surface area contributed by atoms with Crippen LogP contribution < -0.4 is 10.5 Å². The van der Waals surface area contributed by atoms with Crippen LogP contribution in [0.2, 0.25) is 15.1 Å². The molecule has 6 heteroatoms. The molecule has 0 aliphatic rings. The van der Waals surface area contributed by atoms with E-state index < -0.39 is 0 Å². The molecule has 0 fully saturated rings. The fraction of sp³-hybridized carbons (Fsp3) is 0. The van der Waals surface area contributed by atoms with Gasteiger partial charge in [0.25, 0.3) is 0 Å². The predicted molar refractivity (Wildman–Crippen MR) is 83.9 cm³/mol. The fourth-order valence-electron chi connectivity index (χ4n) is 1.45. The highest BCUT2D eigenvalue weighted by Gasteiger charge is 2.09. The number of halogens is 3. The number of hydrogen-bond acceptors (Lipinski definition) is 2. The van der Waals surface area contributed by atoms with E-state index >= 15 is 0 Å². The molecule has 98 valence electrons. The summed E-state index contributed by atoms with van der Waals surface area (Å²) in [6.45, 7) is 0. The minimum atomic E-state index is 0.206. The van der Waals surface area contributed by atoms with Crippen molar-refractivity contribution in [2.24, 2.45) is 5.73 Å². The van der Waals surface area contributed by atoms with Gasteiger partial charge in [0.05, 0.1) is 15.6 Å². The maximum absolute atomic E-state index is 5.92. The second-order valence-electron chi connectivity index (χ2n) is 3.68. The van der Waals surface area contributed by atoms with Gasteiger partial charge in [0, 0.05) is 11.1 Å². The quantitative estimate of drug-likeness (QED) is 0.797. The third kappa shape index (κ3) is 3.51. The number of thiocarbonyl (C=S) groups is 1. The molecule has 0 saturated carbocycles. The highest BCUT2D eigenvalue weighted by molar-refractivity contribution is 7.80. The lowest BCUT2D eigenvalue weighted by Crippen LogP contribution is -2.10. The molecule has 0 heterocycles. The van der Waals surface area contributed by atoms with Gasteiger partial charge in [-0.2, -0.15) is 0 Å². The molecular formula is C13H8Cl3NOS. The molecule has 0 amide bonds. The second kappa shape index (κ2) is 5.97. The van der Waals surface area contributed by atoms with E-state index in [1.54, 1.807) is 36.4 Å². The van der Waals surface area contributed by atoms with E-state index in [2.05, 4.69) is 0 Å². The summed E-state index contributed by atoms with van der Waals surface area (Å²) in [5, 5.41) is 1.40. The smallest absolute Gasteiger partial charge is 0.137 e. The molecule has 0 radical (unpaired) electrons. The predicted octanol–water partition coefficient (Wildman–Crippen LogP) is 5.07. The molecule has 2 N–H and O–H groups in total. The molecule has 0 aliphatic carbocycles. The number of benzene rings is 2. The lowest BCUT2D eigenvalue weighted by Gasteiger charge is -2.11. The van der Waals surface area contributed by atoms with E-state index in [0.29, 0.717) is 32.1 Å². The van der Waals surface area contributed by atoms with Gasteiger partial charge in [-0.1, -0.05) is 47.0 Å². The van der Waals surface area contributed by atoms with Crippen LogP contribution in [0.15, 0.2) is 36.4 Å². The minimum absolute atomic E-state index is 0.206. The van der Waals surface area contributed by atoms with Crippen LogP contribution in [0.3, 0.4) is 0 Å². The average molecular weight is 333 g/mol. The Balaban J connectivity index is 2.37. The number of hydrogen-bond donors (Lipinski definition) is 1. The van der Waals surface area contributed by atoms with Crippen LogP contribution in [0, 0.1) is 0 Å². The summed E-state index contributed by atoms with van der Waals surface area (Å²) in [4.78, 5) is 0.206. The van der Waals surface area contributed by atoms with Crippen molar-refractivity contribution in [3.05, 3.63) is 57.0 Å². The first-order chi connectivity index (χ1) is 8.97. The zero-order chi connectivity index (χ0) is 14.0. The van der Waals surface area contributed by atoms with E-state index in [1.807, 2.05) is 0 Å². The van der Waals surface area contributed by atoms with Crippen molar-refractivity contribution in [3.8, 4) is 11.5 Å². The monoisotopic (exact) mass is 331 g/mol. The summed E-state index contributed by atoms with van der Waals surface area (Å²) in [6, 6.07) is 10.00. The number of ether oxygens (including phenoxy) is 1. The third-order valence-corrected chi connectivity index (χ3v) is 3.52. The van der Waals surface area contributed by atoms with E-state index in [4.69, 9.17) is 57.5 Å². The van der Waals surface area contributed by atoms with Crippen LogP contribution in [0.25, 0.3) is 0 Å². The van der Waals surface area contributed by atoms with Crippen molar-refractivity contribution in [3.63, 3.8) is 0 Å². The Morgan fingerprint density at radius 1 is 1.00 bits per heavy atom. The molecule has 0 saturated heterocycles. The van der Waals surface area contributed by atoms with Crippen molar-refractivity contribution in [2.75, 3.05) is 0 Å². The fourth-order valence-corrected chi connectivity index (χ4v) is 2.07. The molecule has 2 rings (SSSR count). The first-order valence-corrected chi connectivity index (χ1v) is 6.74. The van der Waals surface area contributed by atoms with E-state index in [9.17, 15) is 0 Å². The molecule has 2 aromatic rings. The number of rotatable bonds is 3. The third-order valence-electron chi connectivity index (χ3n) is 2.33. The lowest BCUT2D eigenvalue weighted by atomic mass is 10.2. The highest BCUT2D eigenvalue weighted by Crippen LogP contribution is 2.31. The molecule has 2 aromatic carbocycles. The van der Waals surface area contributed by atoms with Crippen molar-refractivity contribution in [2.45, 2.75) is 0 Å². The lowest BCUT2D eigenvalue weighted by molar-refractivity contribution is 0.482. The van der Waals surface area contributed by atoms with Crippen LogP contribution in [0.4, 0.5) is 0 Å². The van der Waals surface area contributed by atoms with Crippen molar-refractivity contribution in [1.82, 2.24) is 0 Å². The Kier molecular flexibility index (Phi) is 4.53. The summed E-state index contributed by atoms with van der Waals surface area (Å²) in [7, 11) is 0. The molecular weight excluding hydrogens is 325 g/mol. The Bertz CT molecular complexity index is 646. The van der Waals surface area contributed by atoms with Gasteiger partial charge in [0.2, 0.25) is 0 Å². The van der Waals surface area contributed by atoms with Crippen molar-refractivity contribution in [1.29, 1.82) is 0 Å². The van der Waals surface area contributed by atoms with Crippen LogP contribution in [-0.4, -0.2) is 4.99 Å². The molecule has 2 nitrogen and oxygen atoms in total. The molecule has 19 heavy (non-hydrogen) atoms. The van der Waals surface area contributed by atoms with Crippen LogP contribution in [0.5, 0.6) is 11.5 Å². The van der Waals surface area contributed by atoms with Crippen molar-refractivity contribution < 1.29 is 4.74 Å². The van der Waals surface area contributed by atoms with E-state index in [0.717, 1.165) is 0 Å². The maximum atomic E-state index is 5.92. The Morgan fingerprint density at radius 3 is 2.37 bits per heavy atom. The molecule has 0 atom stereocenters. The minimum Gasteiger partial charge on any atom is -0.457 e. The Labute approximate surface area is 131 Å². The molecule has 0 unspecified atom stereocenters. The first kappa shape index (κ1) is 14.4. The van der Waals surface area contributed by atoms with Crippen molar-refractivity contribution >= 4 is 52.0 Å². The topological polar surface area (TPSA) is 35.2 Å². The van der Waals surface area contributed by atoms with Crippen LogP contribution in [0.1, 0.15) is 5.56 Å².